The Morgan fingerprint density at radius 1 is 1.08 bits per heavy atom. The summed E-state index contributed by atoms with van der Waals surface area (Å²) in [5, 5.41) is 5.03. The van der Waals surface area contributed by atoms with Gasteiger partial charge in [0.15, 0.2) is 0 Å². The first-order valence-corrected chi connectivity index (χ1v) is 9.91. The molecule has 0 saturated heterocycles. The van der Waals surface area contributed by atoms with Crippen molar-refractivity contribution >= 4 is 34.7 Å². The molecular weight excluding hydrogens is 350 g/mol. The zero-order valence-electron chi connectivity index (χ0n) is 13.9. The fourth-order valence-corrected chi connectivity index (χ4v) is 4.15. The highest BCUT2D eigenvalue weighted by molar-refractivity contribution is 7.98. The molecule has 0 bridgehead atoms. The summed E-state index contributed by atoms with van der Waals surface area (Å²) in [5.41, 5.74) is 1.45. The monoisotopic (exact) mass is 369 g/mol. The van der Waals surface area contributed by atoms with Gasteiger partial charge in [-0.3, -0.25) is 4.79 Å². The van der Waals surface area contributed by atoms with Crippen LogP contribution < -0.4 is 10.1 Å². The number of amides is 1. The van der Waals surface area contributed by atoms with Crippen LogP contribution >= 0.6 is 23.1 Å². The molecule has 25 heavy (non-hydrogen) atoms. The van der Waals surface area contributed by atoms with Gasteiger partial charge in [-0.25, -0.2) is 0 Å². The van der Waals surface area contributed by atoms with Crippen LogP contribution in [0.4, 0.5) is 5.69 Å². The maximum atomic E-state index is 12.7. The average molecular weight is 370 g/mol. The van der Waals surface area contributed by atoms with E-state index in [0.29, 0.717) is 12.2 Å². The van der Waals surface area contributed by atoms with E-state index in [1.54, 1.807) is 23.1 Å². The molecule has 1 N–H and O–H groups in total. The molecule has 1 amide bonds. The van der Waals surface area contributed by atoms with Gasteiger partial charge in [-0.05, 0) is 54.8 Å². The number of hydrogen-bond donors (Lipinski definition) is 1. The molecule has 3 nitrogen and oxygen atoms in total. The molecule has 0 unspecified atom stereocenters. The zero-order chi connectivity index (χ0) is 17.5. The van der Waals surface area contributed by atoms with E-state index in [1.165, 1.54) is 4.88 Å². The third-order valence-electron chi connectivity index (χ3n) is 3.50. The van der Waals surface area contributed by atoms with E-state index in [2.05, 4.69) is 16.8 Å². The summed E-state index contributed by atoms with van der Waals surface area (Å²) in [7, 11) is 0. The lowest BCUT2D eigenvalue weighted by atomic mass is 10.2. The van der Waals surface area contributed by atoms with Gasteiger partial charge in [0.1, 0.15) is 5.75 Å². The first-order chi connectivity index (χ1) is 12.3. The summed E-state index contributed by atoms with van der Waals surface area (Å²) in [4.78, 5) is 14.9. The van der Waals surface area contributed by atoms with Crippen molar-refractivity contribution < 1.29 is 9.53 Å². The topological polar surface area (TPSA) is 38.3 Å². The lowest BCUT2D eigenvalue weighted by Crippen LogP contribution is -2.12. The maximum absolute atomic E-state index is 12.7. The molecule has 0 saturated carbocycles. The summed E-state index contributed by atoms with van der Waals surface area (Å²) in [5.74, 6) is 1.57. The van der Waals surface area contributed by atoms with Crippen LogP contribution in [0, 0.1) is 0 Å². The van der Waals surface area contributed by atoms with Gasteiger partial charge in [-0.15, -0.1) is 23.1 Å². The van der Waals surface area contributed by atoms with E-state index >= 15 is 0 Å². The highest BCUT2D eigenvalue weighted by atomic mass is 32.2. The number of benzene rings is 2. The SMILES string of the molecule is CCOc1ccc(NC(=O)c2ccccc2SCc2cccs2)cc1. The molecule has 1 aromatic heterocycles. The maximum Gasteiger partial charge on any atom is 0.256 e. The summed E-state index contributed by atoms with van der Waals surface area (Å²) in [6.45, 7) is 2.57. The molecule has 3 aromatic rings. The third kappa shape index (κ3) is 4.87. The minimum Gasteiger partial charge on any atom is -0.494 e. The molecule has 0 atom stereocenters. The van der Waals surface area contributed by atoms with Crippen LogP contribution in [0.15, 0.2) is 70.9 Å². The highest BCUT2D eigenvalue weighted by Gasteiger charge is 2.12. The summed E-state index contributed by atoms with van der Waals surface area (Å²) >= 11 is 3.41. The number of nitrogens with one attached hydrogen (secondary N) is 1. The van der Waals surface area contributed by atoms with Gasteiger partial charge >= 0.3 is 0 Å². The van der Waals surface area contributed by atoms with E-state index in [9.17, 15) is 4.79 Å². The number of anilines is 1. The van der Waals surface area contributed by atoms with Gasteiger partial charge in [0, 0.05) is 21.2 Å². The van der Waals surface area contributed by atoms with Gasteiger partial charge in [0.2, 0.25) is 0 Å². The van der Waals surface area contributed by atoms with Gasteiger partial charge in [-0.1, -0.05) is 18.2 Å². The van der Waals surface area contributed by atoms with Crippen LogP contribution in [0.3, 0.4) is 0 Å². The highest BCUT2D eigenvalue weighted by Crippen LogP contribution is 2.28. The van der Waals surface area contributed by atoms with Crippen molar-refractivity contribution in [1.82, 2.24) is 0 Å². The molecule has 0 aliphatic carbocycles. The van der Waals surface area contributed by atoms with Crippen LogP contribution in [0.25, 0.3) is 0 Å². The minimum absolute atomic E-state index is 0.0987. The molecule has 0 radical (unpaired) electrons. The second kappa shape index (κ2) is 8.74. The van der Waals surface area contributed by atoms with Crippen molar-refractivity contribution in [2.75, 3.05) is 11.9 Å². The van der Waals surface area contributed by atoms with E-state index in [1.807, 2.05) is 61.5 Å². The summed E-state index contributed by atoms with van der Waals surface area (Å²) in [6.07, 6.45) is 0. The largest absolute Gasteiger partial charge is 0.494 e. The van der Waals surface area contributed by atoms with Crippen molar-refractivity contribution in [3.63, 3.8) is 0 Å². The fraction of sp³-hybridized carbons (Fsp3) is 0.150. The quantitative estimate of drug-likeness (QED) is 0.544. The Hall–Kier alpha value is -2.24. The number of thiophene rings is 1. The zero-order valence-corrected chi connectivity index (χ0v) is 15.5. The van der Waals surface area contributed by atoms with E-state index in [0.717, 1.165) is 22.1 Å². The molecule has 128 valence electrons. The predicted molar refractivity (Wildman–Crippen MR) is 106 cm³/mol. The Labute approximate surface area is 156 Å². The van der Waals surface area contributed by atoms with E-state index in [-0.39, 0.29) is 5.91 Å². The molecule has 2 aromatic carbocycles. The smallest absolute Gasteiger partial charge is 0.256 e. The number of carbonyl (C=O) groups excluding carboxylic acids is 1. The van der Waals surface area contributed by atoms with Crippen molar-refractivity contribution in [3.8, 4) is 5.75 Å². The Bertz CT molecular complexity index is 814. The van der Waals surface area contributed by atoms with E-state index in [4.69, 9.17) is 4.74 Å². The second-order valence-corrected chi connectivity index (χ2v) is 7.33. The summed E-state index contributed by atoms with van der Waals surface area (Å²) in [6, 6.07) is 19.3. The average Bonchev–Trinajstić information content (AvgIpc) is 3.16. The van der Waals surface area contributed by atoms with Crippen LogP contribution in [0.5, 0.6) is 5.75 Å². The van der Waals surface area contributed by atoms with Crippen molar-refractivity contribution in [3.05, 3.63) is 76.5 Å². The fourth-order valence-electron chi connectivity index (χ4n) is 2.32. The molecular formula is C20H19NO2S2. The Balaban J connectivity index is 1.69. The number of ether oxygens (including phenoxy) is 1. The summed E-state index contributed by atoms with van der Waals surface area (Å²) < 4.78 is 5.42. The van der Waals surface area contributed by atoms with Gasteiger partial charge < -0.3 is 10.1 Å². The molecule has 0 aliphatic rings. The lowest BCUT2D eigenvalue weighted by Gasteiger charge is -2.10. The van der Waals surface area contributed by atoms with Gasteiger partial charge in [0.25, 0.3) is 5.91 Å². The number of rotatable bonds is 7. The minimum atomic E-state index is -0.0987. The molecule has 3 rings (SSSR count). The molecule has 1 heterocycles. The van der Waals surface area contributed by atoms with Crippen LogP contribution in [0.1, 0.15) is 22.2 Å². The first-order valence-electron chi connectivity index (χ1n) is 8.04. The Kier molecular flexibility index (Phi) is 6.14. The van der Waals surface area contributed by atoms with E-state index < -0.39 is 0 Å². The number of carbonyl (C=O) groups is 1. The van der Waals surface area contributed by atoms with Gasteiger partial charge in [-0.2, -0.15) is 0 Å². The Morgan fingerprint density at radius 3 is 2.60 bits per heavy atom. The van der Waals surface area contributed by atoms with Crippen molar-refractivity contribution in [2.45, 2.75) is 17.6 Å². The predicted octanol–water partition coefficient (Wildman–Crippen LogP) is 5.69. The molecule has 5 heteroatoms. The number of hydrogen-bond acceptors (Lipinski definition) is 4. The van der Waals surface area contributed by atoms with Crippen LogP contribution in [0.2, 0.25) is 0 Å². The van der Waals surface area contributed by atoms with Crippen LogP contribution in [-0.2, 0) is 5.75 Å². The standard InChI is InChI=1S/C20H19NO2S2/c1-2-23-16-11-9-15(10-12-16)21-20(22)18-7-3-4-8-19(18)25-14-17-6-5-13-24-17/h3-13H,2,14H2,1H3,(H,21,22). The van der Waals surface area contributed by atoms with Crippen molar-refractivity contribution in [1.29, 1.82) is 0 Å². The first kappa shape index (κ1) is 17.6. The molecule has 0 spiro atoms. The normalized spacial score (nSPS) is 10.4. The van der Waals surface area contributed by atoms with Crippen molar-refractivity contribution in [2.24, 2.45) is 0 Å². The lowest BCUT2D eigenvalue weighted by molar-refractivity contribution is 0.102. The van der Waals surface area contributed by atoms with Crippen LogP contribution in [-0.4, -0.2) is 12.5 Å². The Morgan fingerprint density at radius 2 is 1.88 bits per heavy atom. The van der Waals surface area contributed by atoms with Gasteiger partial charge in [0.05, 0.1) is 12.2 Å². The second-order valence-electron chi connectivity index (χ2n) is 5.28. The third-order valence-corrected chi connectivity index (χ3v) is 5.69. The number of thioether (sulfide) groups is 1. The molecule has 0 aliphatic heterocycles. The molecule has 0 fully saturated rings.